The van der Waals surface area contributed by atoms with Gasteiger partial charge in [-0.25, -0.2) is 0 Å². The minimum atomic E-state index is -4.41. The van der Waals surface area contributed by atoms with Gasteiger partial charge < -0.3 is 14.8 Å². The summed E-state index contributed by atoms with van der Waals surface area (Å²) in [7, 11) is 0. The van der Waals surface area contributed by atoms with Crippen molar-refractivity contribution < 1.29 is 27.4 Å². The number of pyridine rings is 1. The molecular weight excluding hydrogens is 399 g/mol. The van der Waals surface area contributed by atoms with E-state index in [0.717, 1.165) is 0 Å². The number of nitriles is 1. The van der Waals surface area contributed by atoms with Gasteiger partial charge in [0.25, 0.3) is 0 Å². The van der Waals surface area contributed by atoms with Gasteiger partial charge in [-0.15, -0.1) is 0 Å². The number of carbonyl (C=O) groups is 1. The van der Waals surface area contributed by atoms with Crippen LogP contribution in [0.4, 0.5) is 13.2 Å². The lowest BCUT2D eigenvalue weighted by molar-refractivity contribution is -0.153. The fourth-order valence-corrected chi connectivity index (χ4v) is 2.87. The number of nitrogens with one attached hydrogen (secondary N) is 1. The maximum Gasteiger partial charge on any atom is 0.422 e. The molecule has 9 heteroatoms. The van der Waals surface area contributed by atoms with Gasteiger partial charge in [0, 0.05) is 11.8 Å². The summed E-state index contributed by atoms with van der Waals surface area (Å²) in [5.41, 5.74) is 1.07. The van der Waals surface area contributed by atoms with Gasteiger partial charge in [0.05, 0.1) is 36.2 Å². The largest absolute Gasteiger partial charge is 0.493 e. The van der Waals surface area contributed by atoms with Gasteiger partial charge >= 0.3 is 6.18 Å². The van der Waals surface area contributed by atoms with Crippen molar-refractivity contribution in [1.82, 2.24) is 10.3 Å². The SMILES string of the molecule is C[C@@H](NC(=O)C1CC1COc1ccc(C#N)cc1)c1ccc(OCC(F)(F)F)cn1. The number of aromatic nitrogens is 1. The fraction of sp³-hybridized carbons (Fsp3) is 0.381. The molecule has 30 heavy (non-hydrogen) atoms. The van der Waals surface area contributed by atoms with Gasteiger partial charge in [-0.3, -0.25) is 9.78 Å². The Morgan fingerprint density at radius 1 is 1.23 bits per heavy atom. The maximum absolute atomic E-state index is 12.4. The Bertz CT molecular complexity index is 908. The van der Waals surface area contributed by atoms with Crippen LogP contribution in [0.25, 0.3) is 0 Å². The van der Waals surface area contributed by atoms with Crippen molar-refractivity contribution >= 4 is 5.91 Å². The number of alkyl halides is 3. The normalized spacial score (nSPS) is 18.8. The summed E-state index contributed by atoms with van der Waals surface area (Å²) in [6.45, 7) is 0.775. The minimum Gasteiger partial charge on any atom is -0.493 e. The second-order valence-electron chi connectivity index (χ2n) is 7.10. The summed E-state index contributed by atoms with van der Waals surface area (Å²) in [5.74, 6) is 0.497. The maximum atomic E-state index is 12.4. The highest BCUT2D eigenvalue weighted by atomic mass is 19.4. The van der Waals surface area contributed by atoms with Crippen molar-refractivity contribution in [1.29, 1.82) is 5.26 Å². The molecule has 0 spiro atoms. The molecule has 3 rings (SSSR count). The summed E-state index contributed by atoms with van der Waals surface area (Å²) < 4.78 is 46.8. The van der Waals surface area contributed by atoms with Crippen LogP contribution in [0.2, 0.25) is 0 Å². The molecule has 0 bridgehead atoms. The van der Waals surface area contributed by atoms with E-state index in [2.05, 4.69) is 15.0 Å². The number of benzene rings is 1. The fourth-order valence-electron chi connectivity index (χ4n) is 2.87. The molecule has 1 saturated carbocycles. The van der Waals surface area contributed by atoms with Crippen LogP contribution in [-0.4, -0.2) is 30.3 Å². The van der Waals surface area contributed by atoms with Gasteiger partial charge in [-0.05, 0) is 49.7 Å². The molecule has 2 aromatic rings. The van der Waals surface area contributed by atoms with Gasteiger partial charge in [-0.1, -0.05) is 0 Å². The van der Waals surface area contributed by atoms with Crippen LogP contribution >= 0.6 is 0 Å². The van der Waals surface area contributed by atoms with Crippen LogP contribution in [0.1, 0.15) is 30.6 Å². The molecule has 3 atom stereocenters. The zero-order valence-electron chi connectivity index (χ0n) is 16.1. The molecule has 158 valence electrons. The van der Waals surface area contributed by atoms with E-state index in [1.165, 1.54) is 18.3 Å². The molecular formula is C21H20F3N3O3. The van der Waals surface area contributed by atoms with E-state index in [-0.39, 0.29) is 23.5 Å². The van der Waals surface area contributed by atoms with Crippen LogP contribution in [-0.2, 0) is 4.79 Å². The zero-order valence-corrected chi connectivity index (χ0v) is 16.1. The summed E-state index contributed by atoms with van der Waals surface area (Å²) in [4.78, 5) is 16.5. The number of amides is 1. The number of carbonyl (C=O) groups excluding carboxylic acids is 1. The van der Waals surface area contributed by atoms with Gasteiger partial charge in [-0.2, -0.15) is 18.4 Å². The van der Waals surface area contributed by atoms with Crippen molar-refractivity contribution in [3.05, 3.63) is 53.9 Å². The Morgan fingerprint density at radius 2 is 1.93 bits per heavy atom. The van der Waals surface area contributed by atoms with E-state index in [1.54, 1.807) is 31.2 Å². The molecule has 0 saturated heterocycles. The zero-order chi connectivity index (χ0) is 21.7. The van der Waals surface area contributed by atoms with Crippen LogP contribution < -0.4 is 14.8 Å². The average Bonchev–Trinajstić information content (AvgIpc) is 3.51. The molecule has 0 radical (unpaired) electrons. The highest BCUT2D eigenvalue weighted by Crippen LogP contribution is 2.39. The van der Waals surface area contributed by atoms with Crippen molar-refractivity contribution in [3.8, 4) is 17.6 Å². The second-order valence-corrected chi connectivity index (χ2v) is 7.10. The predicted octanol–water partition coefficient (Wildman–Crippen LogP) is 3.79. The summed E-state index contributed by atoms with van der Waals surface area (Å²) >= 11 is 0. The Labute approximate surface area is 171 Å². The molecule has 1 fully saturated rings. The first kappa shape index (κ1) is 21.4. The van der Waals surface area contributed by atoms with Crippen LogP contribution in [0.15, 0.2) is 42.6 Å². The monoisotopic (exact) mass is 419 g/mol. The third kappa shape index (κ3) is 6.11. The molecule has 1 heterocycles. The average molecular weight is 419 g/mol. The van der Waals surface area contributed by atoms with Crippen molar-refractivity contribution in [2.75, 3.05) is 13.2 Å². The smallest absolute Gasteiger partial charge is 0.422 e. The lowest BCUT2D eigenvalue weighted by atomic mass is 10.2. The number of halogens is 3. The van der Waals surface area contributed by atoms with E-state index in [9.17, 15) is 18.0 Å². The van der Waals surface area contributed by atoms with Crippen LogP contribution in [0.3, 0.4) is 0 Å². The molecule has 1 aromatic carbocycles. The Kier molecular flexibility index (Phi) is 6.45. The Morgan fingerprint density at radius 3 is 2.53 bits per heavy atom. The number of hydrogen-bond donors (Lipinski definition) is 1. The van der Waals surface area contributed by atoms with E-state index in [0.29, 0.717) is 30.0 Å². The van der Waals surface area contributed by atoms with Gasteiger partial charge in [0.15, 0.2) is 6.61 Å². The first-order valence-electron chi connectivity index (χ1n) is 9.34. The van der Waals surface area contributed by atoms with Gasteiger partial charge in [0.2, 0.25) is 5.91 Å². The van der Waals surface area contributed by atoms with E-state index < -0.39 is 18.8 Å². The third-order valence-electron chi connectivity index (χ3n) is 4.67. The minimum absolute atomic E-state index is 0.0109. The molecule has 0 aliphatic heterocycles. The van der Waals surface area contributed by atoms with E-state index >= 15 is 0 Å². The van der Waals surface area contributed by atoms with Gasteiger partial charge in [0.1, 0.15) is 11.5 Å². The third-order valence-corrected chi connectivity index (χ3v) is 4.67. The first-order valence-corrected chi connectivity index (χ1v) is 9.34. The summed E-state index contributed by atoms with van der Waals surface area (Å²) in [6.07, 6.45) is -2.49. The topological polar surface area (TPSA) is 84.2 Å². The number of hydrogen-bond acceptors (Lipinski definition) is 5. The standard InChI is InChI=1S/C21H20F3N3O3/c1-13(19-7-6-17(10-26-19)30-12-21(22,23)24)27-20(28)18-8-15(18)11-29-16-4-2-14(9-25)3-5-16/h2-7,10,13,15,18H,8,11-12H2,1H3,(H,27,28)/t13-,15?,18?/m1/s1. The second kappa shape index (κ2) is 9.03. The molecule has 2 unspecified atom stereocenters. The lowest BCUT2D eigenvalue weighted by Gasteiger charge is -2.14. The van der Waals surface area contributed by atoms with Crippen LogP contribution in [0.5, 0.6) is 11.5 Å². The molecule has 6 nitrogen and oxygen atoms in total. The number of ether oxygens (including phenoxy) is 2. The van der Waals surface area contributed by atoms with E-state index in [1.807, 2.05) is 6.07 Å². The van der Waals surface area contributed by atoms with Crippen molar-refractivity contribution in [2.45, 2.75) is 25.6 Å². The van der Waals surface area contributed by atoms with E-state index in [4.69, 9.17) is 10.00 Å². The molecule has 1 aliphatic rings. The molecule has 1 amide bonds. The van der Waals surface area contributed by atoms with Crippen molar-refractivity contribution in [3.63, 3.8) is 0 Å². The first-order chi connectivity index (χ1) is 14.2. The molecule has 1 aliphatic carbocycles. The molecule has 1 aromatic heterocycles. The summed E-state index contributed by atoms with van der Waals surface area (Å²) in [5, 5.41) is 11.6. The highest BCUT2D eigenvalue weighted by Gasteiger charge is 2.43. The lowest BCUT2D eigenvalue weighted by Crippen LogP contribution is -2.29. The Balaban J connectivity index is 1.43. The number of nitrogens with zero attached hydrogens (tertiary/aromatic N) is 2. The quantitative estimate of drug-likeness (QED) is 0.704. The predicted molar refractivity (Wildman–Crippen MR) is 101 cm³/mol. The highest BCUT2D eigenvalue weighted by molar-refractivity contribution is 5.81. The number of rotatable bonds is 8. The Hall–Kier alpha value is -3.28. The molecule has 1 N–H and O–H groups in total. The van der Waals surface area contributed by atoms with Crippen molar-refractivity contribution in [2.24, 2.45) is 11.8 Å². The summed E-state index contributed by atoms with van der Waals surface area (Å²) in [6, 6.07) is 11.3. The van der Waals surface area contributed by atoms with Crippen LogP contribution in [0, 0.1) is 23.2 Å².